The van der Waals surface area contributed by atoms with E-state index in [-0.39, 0.29) is 5.78 Å². The van der Waals surface area contributed by atoms with E-state index in [9.17, 15) is 9.18 Å². The van der Waals surface area contributed by atoms with Crippen LogP contribution in [0.4, 0.5) is 4.39 Å². The predicted octanol–water partition coefficient (Wildman–Crippen LogP) is 2.67. The first-order valence-corrected chi connectivity index (χ1v) is 4.53. The minimum Gasteiger partial charge on any atom is -0.293 e. The van der Waals surface area contributed by atoms with Crippen LogP contribution in [0.1, 0.15) is 34.9 Å². The summed E-state index contributed by atoms with van der Waals surface area (Å²) in [5.74, 6) is 0.0237. The molecule has 2 aliphatic rings. The van der Waals surface area contributed by atoms with Crippen LogP contribution in [-0.4, -0.2) is 5.78 Å². The van der Waals surface area contributed by atoms with Crippen molar-refractivity contribution in [2.24, 2.45) is 5.41 Å². The van der Waals surface area contributed by atoms with Crippen molar-refractivity contribution in [2.75, 3.05) is 0 Å². The smallest absolute Gasteiger partial charge is 0.172 e. The largest absolute Gasteiger partial charge is 0.293 e. The van der Waals surface area contributed by atoms with Crippen LogP contribution >= 0.6 is 0 Å². The molecule has 1 atom stereocenters. The fourth-order valence-corrected chi connectivity index (χ4v) is 2.22. The van der Waals surface area contributed by atoms with Gasteiger partial charge in [-0.3, -0.25) is 4.79 Å². The normalized spacial score (nSPS) is 27.8. The van der Waals surface area contributed by atoms with Crippen molar-refractivity contribution < 1.29 is 9.18 Å². The molecule has 13 heavy (non-hydrogen) atoms. The van der Waals surface area contributed by atoms with Gasteiger partial charge in [0.25, 0.3) is 0 Å². The van der Waals surface area contributed by atoms with E-state index in [1.165, 1.54) is 0 Å². The molecule has 1 saturated carbocycles. The maximum absolute atomic E-state index is 13.8. The molecular weight excluding hydrogens is 167 g/mol. The lowest BCUT2D eigenvalue weighted by Gasteiger charge is -2.06. The molecule has 0 aliphatic heterocycles. The molecule has 1 unspecified atom stereocenters. The van der Waals surface area contributed by atoms with Crippen molar-refractivity contribution in [3.05, 3.63) is 35.4 Å². The van der Waals surface area contributed by atoms with Gasteiger partial charge in [-0.2, -0.15) is 0 Å². The third kappa shape index (κ3) is 0.694. The zero-order valence-corrected chi connectivity index (χ0v) is 7.09. The fourth-order valence-electron chi connectivity index (χ4n) is 2.22. The highest BCUT2D eigenvalue weighted by Crippen LogP contribution is 2.63. The Balaban J connectivity index is 2.24. The van der Waals surface area contributed by atoms with Crippen molar-refractivity contribution in [3.63, 3.8) is 0 Å². The number of rotatable bonds is 0. The average Bonchev–Trinajstić information content (AvgIpc) is 2.93. The Morgan fingerprint density at radius 1 is 1.31 bits per heavy atom. The fraction of sp³-hybridized carbons (Fsp3) is 0.364. The van der Waals surface area contributed by atoms with Crippen molar-refractivity contribution in [1.29, 1.82) is 0 Å². The molecule has 1 nitrogen and oxygen atoms in total. The minimum atomic E-state index is -1.05. The van der Waals surface area contributed by atoms with E-state index in [1.807, 2.05) is 0 Å². The van der Waals surface area contributed by atoms with Crippen molar-refractivity contribution in [1.82, 2.24) is 0 Å². The molecule has 0 saturated heterocycles. The van der Waals surface area contributed by atoms with E-state index in [2.05, 4.69) is 0 Å². The van der Waals surface area contributed by atoms with Crippen LogP contribution < -0.4 is 0 Å². The molecular formula is C11H9FO. The van der Waals surface area contributed by atoms with Crippen molar-refractivity contribution in [2.45, 2.75) is 19.0 Å². The first-order valence-electron chi connectivity index (χ1n) is 4.53. The molecule has 1 spiro atoms. The lowest BCUT2D eigenvalue weighted by molar-refractivity contribution is 0.0848. The number of carbonyl (C=O) groups excluding carboxylic acids is 1. The third-order valence-electron chi connectivity index (χ3n) is 3.20. The summed E-state index contributed by atoms with van der Waals surface area (Å²) in [6, 6.07) is 7.05. The average molecular weight is 176 g/mol. The van der Waals surface area contributed by atoms with Crippen LogP contribution in [0.3, 0.4) is 0 Å². The molecule has 0 N–H and O–H groups in total. The Morgan fingerprint density at radius 2 is 2.00 bits per heavy atom. The number of hydrogen-bond donors (Lipinski definition) is 0. The summed E-state index contributed by atoms with van der Waals surface area (Å²) in [5, 5.41) is 0. The molecule has 1 fully saturated rings. The van der Waals surface area contributed by atoms with Crippen LogP contribution in [0.2, 0.25) is 0 Å². The molecule has 2 aliphatic carbocycles. The summed E-state index contributed by atoms with van der Waals surface area (Å²) >= 11 is 0. The monoisotopic (exact) mass is 176 g/mol. The zero-order chi connectivity index (χ0) is 9.05. The topological polar surface area (TPSA) is 17.1 Å². The standard InChI is InChI=1S/C11H9FO/c12-9-7-3-1-2-4-8(7)10(13)11(9)5-6-11/h1-4,9H,5-6H2. The third-order valence-corrected chi connectivity index (χ3v) is 3.20. The van der Waals surface area contributed by atoms with Crippen LogP contribution in [0.5, 0.6) is 0 Å². The Labute approximate surface area is 75.6 Å². The second kappa shape index (κ2) is 2.00. The molecule has 0 heterocycles. The number of fused-ring (bicyclic) bond motifs is 1. The molecule has 0 amide bonds. The summed E-state index contributed by atoms with van der Waals surface area (Å²) in [6.07, 6.45) is 0.403. The molecule has 1 aromatic rings. The molecule has 2 heteroatoms. The van der Waals surface area contributed by atoms with Gasteiger partial charge < -0.3 is 0 Å². The van der Waals surface area contributed by atoms with Gasteiger partial charge in [0.1, 0.15) is 6.17 Å². The van der Waals surface area contributed by atoms with Gasteiger partial charge in [-0.1, -0.05) is 24.3 Å². The number of Topliss-reactive ketones (excluding diaryl/α,β-unsaturated/α-hetero) is 1. The number of halogens is 1. The molecule has 66 valence electrons. The first kappa shape index (κ1) is 7.25. The number of alkyl halides is 1. The Bertz CT molecular complexity index is 393. The van der Waals surface area contributed by atoms with Gasteiger partial charge in [0, 0.05) is 5.56 Å². The van der Waals surface area contributed by atoms with E-state index in [4.69, 9.17) is 0 Å². The molecule has 1 aromatic carbocycles. The minimum absolute atomic E-state index is 0.0237. The van der Waals surface area contributed by atoms with E-state index in [1.54, 1.807) is 24.3 Å². The highest BCUT2D eigenvalue weighted by atomic mass is 19.1. The summed E-state index contributed by atoms with van der Waals surface area (Å²) in [7, 11) is 0. The number of carbonyl (C=O) groups is 1. The Hall–Kier alpha value is -1.18. The van der Waals surface area contributed by atoms with Crippen LogP contribution in [0.15, 0.2) is 24.3 Å². The second-order valence-corrected chi connectivity index (χ2v) is 3.94. The molecule has 0 radical (unpaired) electrons. The molecule has 3 rings (SSSR count). The van der Waals surface area contributed by atoms with E-state index in [0.717, 1.165) is 12.8 Å². The van der Waals surface area contributed by atoms with Gasteiger partial charge in [0.05, 0.1) is 5.41 Å². The van der Waals surface area contributed by atoms with Gasteiger partial charge >= 0.3 is 0 Å². The maximum Gasteiger partial charge on any atom is 0.172 e. The van der Waals surface area contributed by atoms with Gasteiger partial charge in [-0.15, -0.1) is 0 Å². The van der Waals surface area contributed by atoms with E-state index >= 15 is 0 Å². The SMILES string of the molecule is O=C1c2ccccc2C(F)C12CC2. The molecule has 0 bridgehead atoms. The first-order chi connectivity index (χ1) is 6.26. The van der Waals surface area contributed by atoms with Gasteiger partial charge in [0.15, 0.2) is 5.78 Å². The summed E-state index contributed by atoms with van der Waals surface area (Å²) < 4.78 is 13.8. The van der Waals surface area contributed by atoms with Gasteiger partial charge in [0.2, 0.25) is 0 Å². The molecule has 0 aromatic heterocycles. The summed E-state index contributed by atoms with van der Waals surface area (Å²) in [5.41, 5.74) is 0.571. The lowest BCUT2D eigenvalue weighted by atomic mass is 10.0. The highest BCUT2D eigenvalue weighted by molar-refractivity contribution is 6.07. The summed E-state index contributed by atoms with van der Waals surface area (Å²) in [6.45, 7) is 0. The zero-order valence-electron chi connectivity index (χ0n) is 7.09. The van der Waals surface area contributed by atoms with E-state index < -0.39 is 11.6 Å². The quantitative estimate of drug-likeness (QED) is 0.594. The number of benzene rings is 1. The summed E-state index contributed by atoms with van der Waals surface area (Å²) in [4.78, 5) is 11.8. The van der Waals surface area contributed by atoms with Crippen LogP contribution in [-0.2, 0) is 0 Å². The Morgan fingerprint density at radius 3 is 2.62 bits per heavy atom. The van der Waals surface area contributed by atoms with Gasteiger partial charge in [-0.05, 0) is 18.4 Å². The lowest BCUT2D eigenvalue weighted by Crippen LogP contribution is -2.11. The van der Waals surface area contributed by atoms with Crippen LogP contribution in [0, 0.1) is 5.41 Å². The highest BCUT2D eigenvalue weighted by Gasteiger charge is 2.61. The predicted molar refractivity (Wildman–Crippen MR) is 46.3 cm³/mol. The number of hydrogen-bond acceptors (Lipinski definition) is 1. The van der Waals surface area contributed by atoms with Gasteiger partial charge in [-0.25, -0.2) is 4.39 Å². The van der Waals surface area contributed by atoms with Crippen molar-refractivity contribution >= 4 is 5.78 Å². The second-order valence-electron chi connectivity index (χ2n) is 3.94. The van der Waals surface area contributed by atoms with E-state index in [0.29, 0.717) is 11.1 Å². The Kier molecular flexibility index (Phi) is 1.12. The maximum atomic E-state index is 13.8. The number of ketones is 1. The van der Waals surface area contributed by atoms with Crippen molar-refractivity contribution in [3.8, 4) is 0 Å². The van der Waals surface area contributed by atoms with Crippen LogP contribution in [0.25, 0.3) is 0 Å².